The summed E-state index contributed by atoms with van der Waals surface area (Å²) in [5.41, 5.74) is 0.767. The second-order valence-corrected chi connectivity index (χ2v) is 8.86. The third kappa shape index (κ3) is 3.58. The number of amides is 1. The summed E-state index contributed by atoms with van der Waals surface area (Å²) in [6.07, 6.45) is 6.95. The third-order valence-electron chi connectivity index (χ3n) is 4.88. The number of rotatable bonds is 5. The van der Waals surface area contributed by atoms with E-state index in [0.717, 1.165) is 38.5 Å². The van der Waals surface area contributed by atoms with Crippen molar-refractivity contribution in [3.8, 4) is 0 Å². The standard InChI is InChI=1S/C17H22N4O3S.ClH/c1-25(23,24)17-19-15(14-6-2-3-10-20(14)17)16(22)21(13-7-8-13)11-12-5-4-9-18-12;/h2-3,6,10,12-13,18H,4-5,7-9,11H2,1H3;1H. The van der Waals surface area contributed by atoms with E-state index >= 15 is 0 Å². The third-order valence-corrected chi connectivity index (χ3v) is 5.83. The average Bonchev–Trinajstić information content (AvgIpc) is 3.13. The number of pyridine rings is 1. The first-order valence-corrected chi connectivity index (χ1v) is 10.6. The molecule has 0 spiro atoms. The van der Waals surface area contributed by atoms with Crippen molar-refractivity contribution in [3.63, 3.8) is 0 Å². The van der Waals surface area contributed by atoms with Gasteiger partial charge in [-0.1, -0.05) is 6.07 Å². The summed E-state index contributed by atoms with van der Waals surface area (Å²) in [6.45, 7) is 1.65. The van der Waals surface area contributed by atoms with Crippen LogP contribution in [0.15, 0.2) is 29.6 Å². The molecule has 2 aromatic rings. The molecule has 7 nitrogen and oxygen atoms in total. The van der Waals surface area contributed by atoms with Crippen LogP contribution in [-0.2, 0) is 9.84 Å². The zero-order valence-corrected chi connectivity index (χ0v) is 16.2. The summed E-state index contributed by atoms with van der Waals surface area (Å²) in [4.78, 5) is 19.3. The van der Waals surface area contributed by atoms with Gasteiger partial charge in [0.25, 0.3) is 5.91 Å². The number of sulfone groups is 1. The van der Waals surface area contributed by atoms with E-state index in [0.29, 0.717) is 18.1 Å². The fourth-order valence-electron chi connectivity index (χ4n) is 3.50. The quantitative estimate of drug-likeness (QED) is 0.825. The molecule has 1 aliphatic carbocycles. The van der Waals surface area contributed by atoms with Crippen LogP contribution in [0.25, 0.3) is 5.52 Å². The second-order valence-electron chi connectivity index (χ2n) is 6.95. The van der Waals surface area contributed by atoms with Crippen LogP contribution in [0.5, 0.6) is 0 Å². The van der Waals surface area contributed by atoms with Gasteiger partial charge in [-0.05, 0) is 44.4 Å². The maximum Gasteiger partial charge on any atom is 0.275 e. The van der Waals surface area contributed by atoms with Crippen molar-refractivity contribution < 1.29 is 13.2 Å². The Morgan fingerprint density at radius 1 is 1.35 bits per heavy atom. The molecule has 2 fully saturated rings. The van der Waals surface area contributed by atoms with Gasteiger partial charge >= 0.3 is 0 Å². The lowest BCUT2D eigenvalue weighted by molar-refractivity contribution is 0.0725. The van der Waals surface area contributed by atoms with Crippen LogP contribution in [0.2, 0.25) is 0 Å². The maximum atomic E-state index is 13.2. The lowest BCUT2D eigenvalue weighted by Crippen LogP contribution is -2.42. The Morgan fingerprint density at radius 2 is 2.12 bits per heavy atom. The van der Waals surface area contributed by atoms with Gasteiger partial charge < -0.3 is 10.2 Å². The molecule has 1 unspecified atom stereocenters. The van der Waals surface area contributed by atoms with Gasteiger partial charge in [-0.15, -0.1) is 12.4 Å². The molecule has 9 heteroatoms. The van der Waals surface area contributed by atoms with E-state index in [4.69, 9.17) is 0 Å². The molecule has 0 bridgehead atoms. The molecule has 1 saturated carbocycles. The lowest BCUT2D eigenvalue weighted by Gasteiger charge is -2.25. The van der Waals surface area contributed by atoms with Crippen LogP contribution in [0.4, 0.5) is 0 Å². The molecule has 4 rings (SSSR count). The number of carbonyl (C=O) groups excluding carboxylic acids is 1. The molecule has 1 amide bonds. The predicted octanol–water partition coefficient (Wildman–Crippen LogP) is 1.52. The average molecular weight is 399 g/mol. The number of fused-ring (bicyclic) bond motifs is 1. The Bertz CT molecular complexity index is 917. The smallest absolute Gasteiger partial charge is 0.275 e. The minimum absolute atomic E-state index is 0. The van der Waals surface area contributed by atoms with Crippen molar-refractivity contribution in [1.29, 1.82) is 0 Å². The van der Waals surface area contributed by atoms with Crippen molar-refractivity contribution in [3.05, 3.63) is 30.1 Å². The zero-order valence-electron chi connectivity index (χ0n) is 14.6. The number of nitrogens with zero attached hydrogens (tertiary/aromatic N) is 3. The molecule has 2 aromatic heterocycles. The summed E-state index contributed by atoms with van der Waals surface area (Å²) in [7, 11) is -3.53. The SMILES string of the molecule is CS(=O)(=O)c1nc(C(=O)N(CC2CCCN2)C2CC2)c2ccccn12.Cl. The van der Waals surface area contributed by atoms with Gasteiger partial charge in [-0.3, -0.25) is 9.20 Å². The van der Waals surface area contributed by atoms with Crippen molar-refractivity contribution in [2.75, 3.05) is 19.3 Å². The number of aromatic nitrogens is 2. The second kappa shape index (κ2) is 7.17. The number of halogens is 1. The molecule has 26 heavy (non-hydrogen) atoms. The molecule has 0 radical (unpaired) electrons. The normalized spacial score (nSPS) is 20.1. The summed E-state index contributed by atoms with van der Waals surface area (Å²) in [5.74, 6) is -0.171. The van der Waals surface area contributed by atoms with Crippen LogP contribution >= 0.6 is 12.4 Å². The highest BCUT2D eigenvalue weighted by Crippen LogP contribution is 2.30. The highest BCUT2D eigenvalue weighted by atomic mass is 35.5. The number of hydrogen-bond donors (Lipinski definition) is 1. The summed E-state index contributed by atoms with van der Waals surface area (Å²) < 4.78 is 25.6. The van der Waals surface area contributed by atoms with Gasteiger partial charge in [0.15, 0.2) is 5.69 Å². The number of hydrogen-bond acceptors (Lipinski definition) is 5. The highest BCUT2D eigenvalue weighted by Gasteiger charge is 2.37. The van der Waals surface area contributed by atoms with Gasteiger partial charge in [0.2, 0.25) is 15.0 Å². The molecule has 0 aromatic carbocycles. The van der Waals surface area contributed by atoms with Crippen molar-refractivity contribution in [2.45, 2.75) is 42.9 Å². The Hall–Kier alpha value is -1.64. The van der Waals surface area contributed by atoms with Gasteiger partial charge in [0, 0.05) is 31.1 Å². The topological polar surface area (TPSA) is 83.8 Å². The van der Waals surface area contributed by atoms with Crippen LogP contribution in [0.3, 0.4) is 0 Å². The summed E-state index contributed by atoms with van der Waals surface area (Å²) in [6, 6.07) is 5.83. The molecule has 3 heterocycles. The van der Waals surface area contributed by atoms with E-state index in [1.807, 2.05) is 4.90 Å². The number of nitrogens with one attached hydrogen (secondary N) is 1. The van der Waals surface area contributed by atoms with E-state index < -0.39 is 9.84 Å². The largest absolute Gasteiger partial charge is 0.333 e. The molecule has 1 atom stereocenters. The zero-order chi connectivity index (χ0) is 17.6. The fraction of sp³-hybridized carbons (Fsp3) is 0.529. The Morgan fingerprint density at radius 3 is 2.73 bits per heavy atom. The van der Waals surface area contributed by atoms with Crippen molar-refractivity contribution >= 4 is 33.7 Å². The first-order valence-electron chi connectivity index (χ1n) is 8.66. The monoisotopic (exact) mass is 398 g/mol. The molecule has 1 N–H and O–H groups in total. The Labute approximate surface area is 159 Å². The highest BCUT2D eigenvalue weighted by molar-refractivity contribution is 7.90. The maximum absolute atomic E-state index is 13.2. The van der Waals surface area contributed by atoms with E-state index in [2.05, 4.69) is 10.3 Å². The van der Waals surface area contributed by atoms with E-state index in [-0.39, 0.29) is 35.2 Å². The Kier molecular flexibility index (Phi) is 5.28. The number of carbonyl (C=O) groups is 1. The minimum Gasteiger partial charge on any atom is -0.333 e. The van der Waals surface area contributed by atoms with Crippen molar-refractivity contribution in [2.24, 2.45) is 0 Å². The molecule has 1 aliphatic heterocycles. The van der Waals surface area contributed by atoms with Gasteiger partial charge in [-0.2, -0.15) is 0 Å². The predicted molar refractivity (Wildman–Crippen MR) is 101 cm³/mol. The molecular weight excluding hydrogens is 376 g/mol. The van der Waals surface area contributed by atoms with E-state index in [9.17, 15) is 13.2 Å². The lowest BCUT2D eigenvalue weighted by atomic mass is 10.2. The van der Waals surface area contributed by atoms with Gasteiger partial charge in [-0.25, -0.2) is 13.4 Å². The van der Waals surface area contributed by atoms with Crippen molar-refractivity contribution in [1.82, 2.24) is 19.6 Å². The van der Waals surface area contributed by atoms with E-state index in [1.165, 1.54) is 4.40 Å². The van der Waals surface area contributed by atoms with Crippen LogP contribution < -0.4 is 5.32 Å². The fourth-order valence-corrected chi connectivity index (χ4v) is 4.27. The van der Waals surface area contributed by atoms with Gasteiger partial charge in [0.05, 0.1) is 5.52 Å². The molecule has 2 aliphatic rings. The molecule has 142 valence electrons. The summed E-state index contributed by atoms with van der Waals surface area (Å²) >= 11 is 0. The van der Waals surface area contributed by atoms with Crippen LogP contribution in [-0.4, -0.2) is 60.0 Å². The first kappa shape index (κ1) is 19.1. The van der Waals surface area contributed by atoms with Gasteiger partial charge in [0.1, 0.15) is 0 Å². The van der Waals surface area contributed by atoms with Crippen LogP contribution in [0.1, 0.15) is 36.2 Å². The first-order chi connectivity index (χ1) is 11.9. The minimum atomic E-state index is -3.53. The Balaban J connectivity index is 0.00000196. The number of imidazole rings is 1. The van der Waals surface area contributed by atoms with Crippen LogP contribution in [0, 0.1) is 0 Å². The molecular formula is C17H23ClN4O3S. The summed E-state index contributed by atoms with van der Waals surface area (Å²) in [5, 5.41) is 3.35. The van der Waals surface area contributed by atoms with E-state index in [1.54, 1.807) is 24.4 Å². The molecule has 1 saturated heterocycles.